The van der Waals surface area contributed by atoms with Gasteiger partial charge in [-0.15, -0.1) is 22.2 Å². The lowest BCUT2D eigenvalue weighted by Gasteiger charge is -2.39. The van der Waals surface area contributed by atoms with Gasteiger partial charge in [-0.2, -0.15) is 0 Å². The predicted octanol–water partition coefficient (Wildman–Crippen LogP) is 5.04. The third-order valence-corrected chi connectivity index (χ3v) is 12.0. The van der Waals surface area contributed by atoms with E-state index in [0.29, 0.717) is 5.54 Å². The maximum atomic E-state index is 6.60. The highest BCUT2D eigenvalue weighted by Gasteiger charge is 2.48. The molecule has 0 spiro atoms. The van der Waals surface area contributed by atoms with Crippen molar-refractivity contribution in [2.75, 3.05) is 0 Å². The van der Waals surface area contributed by atoms with Crippen LogP contribution < -0.4 is 0 Å². The molecule has 0 radical (unpaired) electrons. The first-order chi connectivity index (χ1) is 5.86. The highest BCUT2D eigenvalue weighted by Crippen LogP contribution is 2.53. The molecule has 0 aromatic rings. The molecule has 1 rings (SSSR count). The Morgan fingerprint density at radius 1 is 1.00 bits per heavy atom. The Hall–Kier alpha value is 0.797. The summed E-state index contributed by atoms with van der Waals surface area (Å²) in [6, 6.07) is 0. The molecule has 1 aliphatic carbocycles. The molecular formula is C10H20Cl2Si. The topological polar surface area (TPSA) is 0 Å². The van der Waals surface area contributed by atoms with Gasteiger partial charge in [-0.05, 0) is 10.6 Å². The second-order valence-electron chi connectivity index (χ2n) is 5.21. The smallest absolute Gasteiger partial charge is 0.145 e. The third-order valence-electron chi connectivity index (χ3n) is 3.12. The van der Waals surface area contributed by atoms with E-state index in [9.17, 15) is 0 Å². The molecule has 1 fully saturated rings. The number of halogens is 2. The number of hydrogen-bond acceptors (Lipinski definition) is 0. The fourth-order valence-electron chi connectivity index (χ4n) is 2.08. The molecule has 0 unspecified atom stereocenters. The monoisotopic (exact) mass is 238 g/mol. The van der Waals surface area contributed by atoms with Crippen molar-refractivity contribution in [3.63, 3.8) is 0 Å². The number of hydrogen-bond donors (Lipinski definition) is 0. The van der Waals surface area contributed by atoms with Gasteiger partial charge in [-0.1, -0.05) is 52.9 Å². The van der Waals surface area contributed by atoms with Gasteiger partial charge in [0.2, 0.25) is 0 Å². The van der Waals surface area contributed by atoms with E-state index >= 15 is 0 Å². The summed E-state index contributed by atoms with van der Waals surface area (Å²) in [5.41, 5.74) is 0.629. The average Bonchev–Trinajstić information content (AvgIpc) is 2.04. The van der Waals surface area contributed by atoms with E-state index in [-0.39, 0.29) is 5.04 Å². The van der Waals surface area contributed by atoms with Gasteiger partial charge in [-0.3, -0.25) is 0 Å². The van der Waals surface area contributed by atoms with Gasteiger partial charge in [0.1, 0.15) is 0 Å². The molecule has 0 saturated heterocycles. The van der Waals surface area contributed by atoms with Crippen LogP contribution in [-0.4, -0.2) is 6.69 Å². The summed E-state index contributed by atoms with van der Waals surface area (Å²) in [6.07, 6.45) is 6.55. The molecule has 1 saturated carbocycles. The zero-order valence-corrected chi connectivity index (χ0v) is 11.4. The summed E-state index contributed by atoms with van der Waals surface area (Å²) in [7, 11) is 0. The molecule has 0 aromatic heterocycles. The van der Waals surface area contributed by atoms with Gasteiger partial charge in [0.25, 0.3) is 6.69 Å². The molecule has 3 heteroatoms. The van der Waals surface area contributed by atoms with Gasteiger partial charge in [0, 0.05) is 0 Å². The van der Waals surface area contributed by atoms with Crippen molar-refractivity contribution < 1.29 is 0 Å². The van der Waals surface area contributed by atoms with Crippen LogP contribution in [0.5, 0.6) is 0 Å². The van der Waals surface area contributed by atoms with Crippen LogP contribution in [0.3, 0.4) is 0 Å². The molecule has 0 heterocycles. The Morgan fingerprint density at radius 3 is 1.85 bits per heavy atom. The van der Waals surface area contributed by atoms with Gasteiger partial charge in [0.15, 0.2) is 0 Å². The number of rotatable bonds is 1. The summed E-state index contributed by atoms with van der Waals surface area (Å²) >= 11 is 13.2. The Labute approximate surface area is 92.4 Å². The van der Waals surface area contributed by atoms with Crippen LogP contribution in [0.4, 0.5) is 0 Å². The predicted molar refractivity (Wildman–Crippen MR) is 64.0 cm³/mol. The first-order valence-corrected chi connectivity index (χ1v) is 9.33. The lowest BCUT2D eigenvalue weighted by atomic mass is 10.0. The fourth-order valence-corrected chi connectivity index (χ4v) is 5.74. The molecular weight excluding hydrogens is 219 g/mol. The third kappa shape index (κ3) is 2.63. The van der Waals surface area contributed by atoms with Crippen molar-refractivity contribution in [1.82, 2.24) is 0 Å². The molecule has 13 heavy (non-hydrogen) atoms. The van der Waals surface area contributed by atoms with Crippen LogP contribution in [0.2, 0.25) is 10.6 Å². The van der Waals surface area contributed by atoms with E-state index in [0.717, 1.165) is 0 Å². The summed E-state index contributed by atoms with van der Waals surface area (Å²) in [5, 5.41) is 0.123. The molecule has 0 nitrogen and oxygen atoms in total. The minimum atomic E-state index is -2.06. The highest BCUT2D eigenvalue weighted by atomic mass is 35.7. The van der Waals surface area contributed by atoms with Crippen molar-refractivity contribution >= 4 is 28.9 Å². The maximum Gasteiger partial charge on any atom is 0.259 e. The minimum absolute atomic E-state index is 0.123. The first-order valence-electron chi connectivity index (χ1n) is 5.23. The standard InChI is InChI=1S/C10H20Cl2Si/c1-10(2,3)13(11,12)9-7-5-4-6-8-9/h9H,4-8H2,1-3H3. The van der Waals surface area contributed by atoms with Crippen LogP contribution in [0, 0.1) is 0 Å². The molecule has 0 aromatic carbocycles. The minimum Gasteiger partial charge on any atom is -0.145 e. The summed E-state index contributed by atoms with van der Waals surface area (Å²) in [6.45, 7) is 4.51. The van der Waals surface area contributed by atoms with Crippen molar-refractivity contribution in [1.29, 1.82) is 0 Å². The summed E-state index contributed by atoms with van der Waals surface area (Å²) in [5.74, 6) is 0. The Bertz CT molecular complexity index is 166. The van der Waals surface area contributed by atoms with Crippen LogP contribution in [-0.2, 0) is 0 Å². The molecule has 0 amide bonds. The van der Waals surface area contributed by atoms with Gasteiger partial charge in [0.05, 0.1) is 0 Å². The molecule has 78 valence electrons. The normalized spacial score (nSPS) is 21.9. The van der Waals surface area contributed by atoms with E-state index in [1.807, 2.05) is 0 Å². The van der Waals surface area contributed by atoms with Gasteiger partial charge >= 0.3 is 0 Å². The zero-order chi connectivity index (χ0) is 10.1. The van der Waals surface area contributed by atoms with Gasteiger partial charge < -0.3 is 0 Å². The molecule has 0 aliphatic heterocycles. The largest absolute Gasteiger partial charge is 0.259 e. The highest BCUT2D eigenvalue weighted by molar-refractivity contribution is 7.47. The van der Waals surface area contributed by atoms with E-state index in [1.54, 1.807) is 0 Å². The van der Waals surface area contributed by atoms with E-state index in [4.69, 9.17) is 22.2 Å². The lowest BCUT2D eigenvalue weighted by Crippen LogP contribution is -2.38. The fraction of sp³-hybridized carbons (Fsp3) is 1.00. The second kappa shape index (κ2) is 4.12. The van der Waals surface area contributed by atoms with Crippen LogP contribution in [0.1, 0.15) is 52.9 Å². The Kier molecular flexibility index (Phi) is 3.76. The SMILES string of the molecule is CC(C)(C)[Si](Cl)(Cl)C1CCCCC1. The molecule has 0 atom stereocenters. The second-order valence-corrected chi connectivity index (χ2v) is 12.9. The summed E-state index contributed by atoms with van der Waals surface area (Å²) in [4.78, 5) is 0. The Morgan fingerprint density at radius 2 is 1.46 bits per heavy atom. The van der Waals surface area contributed by atoms with Crippen LogP contribution in [0.15, 0.2) is 0 Å². The molecule has 0 bridgehead atoms. The zero-order valence-electron chi connectivity index (χ0n) is 8.87. The van der Waals surface area contributed by atoms with Crippen LogP contribution in [0.25, 0.3) is 0 Å². The van der Waals surface area contributed by atoms with Crippen molar-refractivity contribution in [2.24, 2.45) is 0 Å². The molecule has 0 N–H and O–H groups in total. The van der Waals surface area contributed by atoms with E-state index in [1.165, 1.54) is 32.1 Å². The van der Waals surface area contributed by atoms with Crippen molar-refractivity contribution in [3.8, 4) is 0 Å². The average molecular weight is 239 g/mol. The summed E-state index contributed by atoms with van der Waals surface area (Å²) < 4.78 is 0. The maximum absolute atomic E-state index is 6.60. The Balaban J connectivity index is 2.67. The van der Waals surface area contributed by atoms with Crippen molar-refractivity contribution in [2.45, 2.75) is 63.5 Å². The molecule has 1 aliphatic rings. The van der Waals surface area contributed by atoms with Gasteiger partial charge in [-0.25, -0.2) is 0 Å². The van der Waals surface area contributed by atoms with E-state index < -0.39 is 6.69 Å². The quantitative estimate of drug-likeness (QED) is 0.444. The van der Waals surface area contributed by atoms with Crippen LogP contribution >= 0.6 is 22.2 Å². The lowest BCUT2D eigenvalue weighted by molar-refractivity contribution is 0.487. The first kappa shape index (κ1) is 11.9. The van der Waals surface area contributed by atoms with Crippen molar-refractivity contribution in [3.05, 3.63) is 0 Å². The van der Waals surface area contributed by atoms with E-state index in [2.05, 4.69) is 20.8 Å².